The van der Waals surface area contributed by atoms with Crippen LogP contribution in [0.3, 0.4) is 0 Å². The molecule has 1 fully saturated rings. The molecule has 4 nitrogen and oxygen atoms in total. The van der Waals surface area contributed by atoms with E-state index in [4.69, 9.17) is 5.73 Å². The van der Waals surface area contributed by atoms with E-state index >= 15 is 0 Å². The number of benzene rings is 1. The fourth-order valence-electron chi connectivity index (χ4n) is 2.14. The number of anilines is 3. The van der Waals surface area contributed by atoms with E-state index in [1.54, 1.807) is 0 Å². The van der Waals surface area contributed by atoms with Gasteiger partial charge in [0.15, 0.2) is 0 Å². The molecule has 1 aliphatic rings. The monoisotopic (exact) mass is 272 g/mol. The standard InChI is InChI=1S/C15H17FN4/c1-8-5-11(16)7-12(6-8)18-14-9(2)13(17)19-15(20-14)10-3-4-10/h5-7,10H,3-4H2,1-2H3,(H3,17,18,19,20). The van der Waals surface area contributed by atoms with Gasteiger partial charge in [-0.3, -0.25) is 0 Å². The highest BCUT2D eigenvalue weighted by atomic mass is 19.1. The lowest BCUT2D eigenvalue weighted by Crippen LogP contribution is -2.06. The van der Waals surface area contributed by atoms with Gasteiger partial charge in [0.05, 0.1) is 0 Å². The molecule has 104 valence electrons. The number of nitrogens with two attached hydrogens (primary N) is 1. The Hall–Kier alpha value is -2.17. The Kier molecular flexibility index (Phi) is 3.04. The number of nitrogens with one attached hydrogen (secondary N) is 1. The predicted molar refractivity (Wildman–Crippen MR) is 77.6 cm³/mol. The number of halogens is 1. The van der Waals surface area contributed by atoms with E-state index in [0.29, 0.717) is 23.2 Å². The van der Waals surface area contributed by atoms with Crippen LogP contribution < -0.4 is 11.1 Å². The van der Waals surface area contributed by atoms with Crippen molar-refractivity contribution in [3.8, 4) is 0 Å². The van der Waals surface area contributed by atoms with Crippen molar-refractivity contribution >= 4 is 17.3 Å². The first-order valence-electron chi connectivity index (χ1n) is 6.71. The largest absolute Gasteiger partial charge is 0.383 e. The minimum absolute atomic E-state index is 0.269. The first-order valence-corrected chi connectivity index (χ1v) is 6.71. The number of hydrogen-bond donors (Lipinski definition) is 2. The van der Waals surface area contributed by atoms with Gasteiger partial charge in [-0.15, -0.1) is 0 Å². The summed E-state index contributed by atoms with van der Waals surface area (Å²) in [5.41, 5.74) is 8.25. The van der Waals surface area contributed by atoms with Crippen LogP contribution in [0.5, 0.6) is 0 Å². The fourth-order valence-corrected chi connectivity index (χ4v) is 2.14. The van der Waals surface area contributed by atoms with E-state index in [0.717, 1.165) is 29.8 Å². The van der Waals surface area contributed by atoms with Gasteiger partial charge in [0.25, 0.3) is 0 Å². The zero-order valence-corrected chi connectivity index (χ0v) is 11.6. The van der Waals surface area contributed by atoms with Gasteiger partial charge in [0, 0.05) is 17.2 Å². The maximum Gasteiger partial charge on any atom is 0.139 e. The number of rotatable bonds is 3. The van der Waals surface area contributed by atoms with Crippen LogP contribution in [0.25, 0.3) is 0 Å². The summed E-state index contributed by atoms with van der Waals surface area (Å²) in [6, 6.07) is 4.81. The van der Waals surface area contributed by atoms with Gasteiger partial charge in [-0.05, 0) is 50.5 Å². The summed E-state index contributed by atoms with van der Waals surface area (Å²) in [6.45, 7) is 3.71. The van der Waals surface area contributed by atoms with Crippen molar-refractivity contribution in [1.82, 2.24) is 9.97 Å². The van der Waals surface area contributed by atoms with Crippen molar-refractivity contribution in [1.29, 1.82) is 0 Å². The van der Waals surface area contributed by atoms with Gasteiger partial charge in [-0.2, -0.15) is 0 Å². The number of hydrogen-bond acceptors (Lipinski definition) is 4. The fraction of sp³-hybridized carbons (Fsp3) is 0.333. The SMILES string of the molecule is Cc1cc(F)cc(Nc2nc(C3CC3)nc(N)c2C)c1. The molecule has 5 heteroatoms. The highest BCUT2D eigenvalue weighted by Gasteiger charge is 2.27. The molecule has 0 spiro atoms. The molecule has 1 saturated carbocycles. The molecule has 3 rings (SSSR count). The molecule has 0 saturated heterocycles. The molecular weight excluding hydrogens is 255 g/mol. The van der Waals surface area contributed by atoms with E-state index in [2.05, 4.69) is 15.3 Å². The van der Waals surface area contributed by atoms with E-state index in [1.807, 2.05) is 19.9 Å². The number of nitrogens with zero attached hydrogens (tertiary/aromatic N) is 2. The van der Waals surface area contributed by atoms with Crippen LogP contribution in [0, 0.1) is 19.7 Å². The lowest BCUT2D eigenvalue weighted by molar-refractivity contribution is 0.627. The molecule has 1 aromatic heterocycles. The molecular formula is C15H17FN4. The second-order valence-corrected chi connectivity index (χ2v) is 5.36. The minimum Gasteiger partial charge on any atom is -0.383 e. The maximum atomic E-state index is 13.4. The van der Waals surface area contributed by atoms with Crippen LogP contribution in [0.2, 0.25) is 0 Å². The summed E-state index contributed by atoms with van der Waals surface area (Å²) in [4.78, 5) is 8.85. The Morgan fingerprint density at radius 2 is 1.95 bits per heavy atom. The van der Waals surface area contributed by atoms with Crippen molar-refractivity contribution in [2.45, 2.75) is 32.6 Å². The van der Waals surface area contributed by atoms with Crippen LogP contribution in [-0.4, -0.2) is 9.97 Å². The smallest absolute Gasteiger partial charge is 0.139 e. The topological polar surface area (TPSA) is 63.8 Å². The van der Waals surface area contributed by atoms with Crippen LogP contribution in [-0.2, 0) is 0 Å². The van der Waals surface area contributed by atoms with Gasteiger partial charge in [0.1, 0.15) is 23.3 Å². The Morgan fingerprint density at radius 3 is 2.60 bits per heavy atom. The van der Waals surface area contributed by atoms with E-state index in [1.165, 1.54) is 12.1 Å². The van der Waals surface area contributed by atoms with E-state index in [-0.39, 0.29) is 5.82 Å². The molecule has 0 amide bonds. The Bertz CT molecular complexity index is 645. The third-order valence-electron chi connectivity index (χ3n) is 3.45. The maximum absolute atomic E-state index is 13.4. The van der Waals surface area contributed by atoms with Crippen molar-refractivity contribution in [2.24, 2.45) is 0 Å². The van der Waals surface area contributed by atoms with Gasteiger partial charge in [-0.1, -0.05) is 0 Å². The van der Waals surface area contributed by atoms with Crippen molar-refractivity contribution < 1.29 is 4.39 Å². The third kappa shape index (κ3) is 2.57. The van der Waals surface area contributed by atoms with Gasteiger partial charge in [-0.25, -0.2) is 14.4 Å². The average Bonchev–Trinajstić information content (AvgIpc) is 3.17. The summed E-state index contributed by atoms with van der Waals surface area (Å²) in [5.74, 6) is 2.08. The van der Waals surface area contributed by atoms with E-state index in [9.17, 15) is 4.39 Å². The van der Waals surface area contributed by atoms with Crippen LogP contribution >= 0.6 is 0 Å². The van der Waals surface area contributed by atoms with Crippen LogP contribution in [0.4, 0.5) is 21.7 Å². The molecule has 1 heterocycles. The molecule has 0 radical (unpaired) electrons. The third-order valence-corrected chi connectivity index (χ3v) is 3.45. The Balaban J connectivity index is 1.96. The molecule has 0 aliphatic heterocycles. The molecule has 0 unspecified atom stereocenters. The first kappa shape index (κ1) is 12.8. The van der Waals surface area contributed by atoms with Crippen molar-refractivity contribution in [2.75, 3.05) is 11.1 Å². The molecule has 1 aliphatic carbocycles. The Labute approximate surface area is 117 Å². The predicted octanol–water partition coefficient (Wildman–Crippen LogP) is 3.44. The van der Waals surface area contributed by atoms with Crippen LogP contribution in [0.1, 0.15) is 35.7 Å². The quantitative estimate of drug-likeness (QED) is 0.898. The zero-order chi connectivity index (χ0) is 14.3. The van der Waals surface area contributed by atoms with Crippen molar-refractivity contribution in [3.63, 3.8) is 0 Å². The molecule has 0 bridgehead atoms. The summed E-state index contributed by atoms with van der Waals surface area (Å²) >= 11 is 0. The van der Waals surface area contributed by atoms with Gasteiger partial charge in [0.2, 0.25) is 0 Å². The van der Waals surface area contributed by atoms with Crippen LogP contribution in [0.15, 0.2) is 18.2 Å². The molecule has 0 atom stereocenters. The molecule has 1 aromatic carbocycles. The zero-order valence-electron chi connectivity index (χ0n) is 11.6. The summed E-state index contributed by atoms with van der Waals surface area (Å²) in [7, 11) is 0. The minimum atomic E-state index is -0.269. The normalized spacial score (nSPS) is 14.3. The Morgan fingerprint density at radius 1 is 1.20 bits per heavy atom. The number of aryl methyl sites for hydroxylation is 1. The highest BCUT2D eigenvalue weighted by Crippen LogP contribution is 2.39. The van der Waals surface area contributed by atoms with Gasteiger partial charge < -0.3 is 11.1 Å². The lowest BCUT2D eigenvalue weighted by Gasteiger charge is -2.12. The van der Waals surface area contributed by atoms with E-state index < -0.39 is 0 Å². The lowest BCUT2D eigenvalue weighted by atomic mass is 10.2. The summed E-state index contributed by atoms with van der Waals surface area (Å²) in [5, 5.41) is 3.15. The van der Waals surface area contributed by atoms with Crippen molar-refractivity contribution in [3.05, 3.63) is 41.0 Å². The summed E-state index contributed by atoms with van der Waals surface area (Å²) < 4.78 is 13.4. The first-order chi connectivity index (χ1) is 9.52. The number of aromatic nitrogens is 2. The van der Waals surface area contributed by atoms with Gasteiger partial charge >= 0.3 is 0 Å². The molecule has 3 N–H and O–H groups in total. The second kappa shape index (κ2) is 4.74. The average molecular weight is 272 g/mol. The number of nitrogen functional groups attached to an aromatic ring is 1. The molecule has 20 heavy (non-hydrogen) atoms. The highest BCUT2D eigenvalue weighted by molar-refractivity contribution is 5.64. The molecule has 2 aromatic rings. The second-order valence-electron chi connectivity index (χ2n) is 5.36. The summed E-state index contributed by atoms with van der Waals surface area (Å²) in [6.07, 6.45) is 2.22.